The molecule has 96 valence electrons. The van der Waals surface area contributed by atoms with Crippen molar-refractivity contribution in [3.63, 3.8) is 0 Å². The van der Waals surface area contributed by atoms with Gasteiger partial charge in [0.2, 0.25) is 17.7 Å². The molecule has 0 aliphatic heterocycles. The van der Waals surface area contributed by atoms with Crippen molar-refractivity contribution < 1.29 is 15.0 Å². The summed E-state index contributed by atoms with van der Waals surface area (Å²) < 4.78 is 1.18. The Bertz CT molecular complexity index is 541. The predicted octanol–water partition coefficient (Wildman–Crippen LogP) is 1.10. The molecule has 5 nitrogen and oxygen atoms in total. The fourth-order valence-electron chi connectivity index (χ4n) is 1.81. The first-order valence-corrected chi connectivity index (χ1v) is 6.15. The van der Waals surface area contributed by atoms with E-state index in [-0.39, 0.29) is 24.2 Å². The zero-order valence-electron chi connectivity index (χ0n) is 9.63. The number of hydrogen-bond donors (Lipinski definition) is 4. The maximum atomic E-state index is 11.6. The molecule has 3 N–H and O–H groups in total. The van der Waals surface area contributed by atoms with E-state index in [0.29, 0.717) is 23.1 Å². The third-order valence-electron chi connectivity index (χ3n) is 2.66. The molecule has 2 rings (SSSR count). The van der Waals surface area contributed by atoms with Crippen molar-refractivity contribution in [1.29, 1.82) is 0 Å². The number of rotatable bonds is 4. The molecule has 0 saturated carbocycles. The molecule has 0 aliphatic rings. The highest BCUT2D eigenvalue weighted by molar-refractivity contribution is 7.80. The Morgan fingerprint density at radius 3 is 2.28 bits per heavy atom. The number of hydrogen-bond acceptors (Lipinski definition) is 4. The van der Waals surface area contributed by atoms with Gasteiger partial charge in [-0.05, 0) is 12.1 Å². The highest BCUT2D eigenvalue weighted by atomic mass is 32.1. The van der Waals surface area contributed by atoms with Gasteiger partial charge in [0.25, 0.3) is 0 Å². The second-order valence-electron chi connectivity index (χ2n) is 3.85. The first kappa shape index (κ1) is 12.6. The number of aromatic hydroxyl groups is 2. The van der Waals surface area contributed by atoms with Gasteiger partial charge in [0.1, 0.15) is 6.54 Å². The fraction of sp³-hybridized carbons (Fsp3) is 0.250. The van der Waals surface area contributed by atoms with Crippen LogP contribution in [0.1, 0.15) is 0 Å². The molecule has 1 amide bonds. The molecule has 1 heterocycles. The van der Waals surface area contributed by atoms with Gasteiger partial charge in [-0.1, -0.05) is 12.1 Å². The SMILES string of the molecule is O=C(Cn1c(O)c2ccccc2c1O)NCCS. The average molecular weight is 266 g/mol. The van der Waals surface area contributed by atoms with E-state index in [0.717, 1.165) is 0 Å². The topological polar surface area (TPSA) is 74.5 Å². The van der Waals surface area contributed by atoms with E-state index in [1.165, 1.54) is 4.57 Å². The third-order valence-corrected chi connectivity index (χ3v) is 2.88. The number of fused-ring (bicyclic) bond motifs is 1. The van der Waals surface area contributed by atoms with Crippen molar-refractivity contribution in [3.05, 3.63) is 24.3 Å². The first-order valence-electron chi connectivity index (χ1n) is 5.52. The van der Waals surface area contributed by atoms with Gasteiger partial charge in [-0.2, -0.15) is 12.6 Å². The lowest BCUT2D eigenvalue weighted by Gasteiger charge is -2.06. The number of amides is 1. The number of aromatic nitrogens is 1. The number of benzene rings is 1. The van der Waals surface area contributed by atoms with Crippen LogP contribution >= 0.6 is 12.6 Å². The molecular formula is C12H14N2O3S. The zero-order valence-corrected chi connectivity index (χ0v) is 10.5. The highest BCUT2D eigenvalue weighted by Crippen LogP contribution is 2.35. The Balaban J connectivity index is 2.31. The Labute approximate surface area is 109 Å². The van der Waals surface area contributed by atoms with Gasteiger partial charge in [0, 0.05) is 23.1 Å². The van der Waals surface area contributed by atoms with Crippen LogP contribution in [0.5, 0.6) is 11.8 Å². The van der Waals surface area contributed by atoms with Crippen molar-refractivity contribution in [2.24, 2.45) is 0 Å². The molecular weight excluding hydrogens is 252 g/mol. The van der Waals surface area contributed by atoms with E-state index in [2.05, 4.69) is 17.9 Å². The quantitative estimate of drug-likeness (QED) is 0.626. The molecule has 0 spiro atoms. The lowest BCUT2D eigenvalue weighted by atomic mass is 10.2. The maximum Gasteiger partial charge on any atom is 0.240 e. The largest absolute Gasteiger partial charge is 0.494 e. The van der Waals surface area contributed by atoms with Crippen LogP contribution in [0.3, 0.4) is 0 Å². The summed E-state index contributed by atoms with van der Waals surface area (Å²) in [7, 11) is 0. The summed E-state index contributed by atoms with van der Waals surface area (Å²) in [5, 5.41) is 23.6. The first-order chi connectivity index (χ1) is 8.65. The standard InChI is InChI=1S/C12H14N2O3S/c15-10(13-5-6-18)7-14-11(16)8-3-1-2-4-9(8)12(14)17/h1-4,16-18H,5-7H2,(H,13,15). The molecule has 18 heavy (non-hydrogen) atoms. The van der Waals surface area contributed by atoms with Crippen LogP contribution in [-0.4, -0.2) is 33.0 Å². The minimum atomic E-state index is -0.282. The molecule has 0 fully saturated rings. The van der Waals surface area contributed by atoms with Crippen molar-refractivity contribution >= 4 is 29.3 Å². The van der Waals surface area contributed by atoms with Crippen molar-refractivity contribution in [1.82, 2.24) is 9.88 Å². The van der Waals surface area contributed by atoms with Gasteiger partial charge in [0.05, 0.1) is 0 Å². The molecule has 0 bridgehead atoms. The number of carbonyl (C=O) groups excluding carboxylic acids is 1. The van der Waals surface area contributed by atoms with Gasteiger partial charge in [0.15, 0.2) is 0 Å². The van der Waals surface area contributed by atoms with Crippen molar-refractivity contribution in [2.75, 3.05) is 12.3 Å². The molecule has 0 radical (unpaired) electrons. The summed E-state index contributed by atoms with van der Waals surface area (Å²) in [6.45, 7) is 0.324. The average Bonchev–Trinajstić information content (AvgIpc) is 2.62. The van der Waals surface area contributed by atoms with Crippen molar-refractivity contribution in [3.8, 4) is 11.8 Å². The molecule has 0 atom stereocenters. The fourth-order valence-corrected chi connectivity index (χ4v) is 1.92. The van der Waals surface area contributed by atoms with E-state index in [9.17, 15) is 15.0 Å². The summed E-state index contributed by atoms with van der Waals surface area (Å²) in [6, 6.07) is 6.89. The van der Waals surface area contributed by atoms with Crippen LogP contribution in [0.2, 0.25) is 0 Å². The number of nitrogens with one attached hydrogen (secondary N) is 1. The van der Waals surface area contributed by atoms with Gasteiger partial charge in [-0.15, -0.1) is 0 Å². The molecule has 1 aromatic heterocycles. The summed E-state index contributed by atoms with van der Waals surface area (Å²) in [4.78, 5) is 11.6. The number of nitrogens with zero attached hydrogens (tertiary/aromatic N) is 1. The molecule has 0 unspecified atom stereocenters. The highest BCUT2D eigenvalue weighted by Gasteiger charge is 2.16. The van der Waals surface area contributed by atoms with Crippen LogP contribution in [0, 0.1) is 0 Å². The van der Waals surface area contributed by atoms with Crippen molar-refractivity contribution in [2.45, 2.75) is 6.54 Å². The lowest BCUT2D eigenvalue weighted by molar-refractivity contribution is -0.121. The predicted molar refractivity (Wildman–Crippen MR) is 72.1 cm³/mol. The molecule has 2 aromatic rings. The molecule has 1 aromatic carbocycles. The molecule has 6 heteroatoms. The second kappa shape index (κ2) is 5.22. The molecule has 0 aliphatic carbocycles. The van der Waals surface area contributed by atoms with Gasteiger partial charge < -0.3 is 15.5 Å². The zero-order chi connectivity index (χ0) is 13.1. The van der Waals surface area contributed by atoms with Gasteiger partial charge in [-0.3, -0.25) is 9.36 Å². The minimum absolute atomic E-state index is 0.107. The lowest BCUT2D eigenvalue weighted by Crippen LogP contribution is -2.28. The third kappa shape index (κ3) is 2.24. The molecule has 0 saturated heterocycles. The summed E-state index contributed by atoms with van der Waals surface area (Å²) in [6.07, 6.45) is 0. The second-order valence-corrected chi connectivity index (χ2v) is 4.30. The van der Waals surface area contributed by atoms with Crippen LogP contribution in [0.15, 0.2) is 24.3 Å². The summed E-state index contributed by atoms with van der Waals surface area (Å²) in [5.41, 5.74) is 0. The van der Waals surface area contributed by atoms with E-state index >= 15 is 0 Å². The maximum absolute atomic E-state index is 11.6. The Morgan fingerprint density at radius 2 is 1.78 bits per heavy atom. The Kier molecular flexibility index (Phi) is 3.66. The summed E-state index contributed by atoms with van der Waals surface area (Å²) >= 11 is 3.98. The van der Waals surface area contributed by atoms with E-state index in [1.807, 2.05) is 0 Å². The number of thiol groups is 1. The monoisotopic (exact) mass is 266 g/mol. The van der Waals surface area contributed by atoms with E-state index in [1.54, 1.807) is 24.3 Å². The van der Waals surface area contributed by atoms with Gasteiger partial charge >= 0.3 is 0 Å². The Morgan fingerprint density at radius 1 is 1.22 bits per heavy atom. The number of carbonyl (C=O) groups is 1. The van der Waals surface area contributed by atoms with Crippen LogP contribution < -0.4 is 5.32 Å². The van der Waals surface area contributed by atoms with E-state index < -0.39 is 0 Å². The minimum Gasteiger partial charge on any atom is -0.494 e. The van der Waals surface area contributed by atoms with E-state index in [4.69, 9.17) is 0 Å². The van der Waals surface area contributed by atoms with Crippen LogP contribution in [0.25, 0.3) is 10.8 Å². The van der Waals surface area contributed by atoms with Crippen LogP contribution in [-0.2, 0) is 11.3 Å². The smallest absolute Gasteiger partial charge is 0.240 e. The van der Waals surface area contributed by atoms with Gasteiger partial charge in [-0.25, -0.2) is 0 Å². The normalized spacial score (nSPS) is 10.7. The summed E-state index contributed by atoms with van der Waals surface area (Å²) in [5.74, 6) is 0.0420. The van der Waals surface area contributed by atoms with Crippen LogP contribution in [0.4, 0.5) is 0 Å². The Hall–Kier alpha value is -1.82.